The second-order valence-electron chi connectivity index (χ2n) is 6.59. The summed E-state index contributed by atoms with van der Waals surface area (Å²) in [6, 6.07) is 19.0. The summed E-state index contributed by atoms with van der Waals surface area (Å²) in [7, 11) is -3.69. The van der Waals surface area contributed by atoms with Gasteiger partial charge in [-0.15, -0.1) is 0 Å². The number of thiocarbonyl (C=S) groups is 1. The van der Waals surface area contributed by atoms with Crippen LogP contribution in [0, 0.1) is 6.92 Å². The number of hydrogen-bond donors (Lipinski definition) is 3. The first-order valence-corrected chi connectivity index (χ1v) is 11.0. The fraction of sp³-hybridized carbons (Fsp3) is 0.0952. The molecule has 7 nitrogen and oxygen atoms in total. The largest absolute Gasteiger partial charge is 0.454 e. The molecule has 9 heteroatoms. The highest BCUT2D eigenvalue weighted by Crippen LogP contribution is 2.34. The van der Waals surface area contributed by atoms with E-state index in [0.717, 1.165) is 11.3 Å². The molecule has 0 fully saturated rings. The molecule has 0 aliphatic carbocycles. The van der Waals surface area contributed by atoms with Gasteiger partial charge < -0.3 is 20.1 Å². The van der Waals surface area contributed by atoms with Crippen LogP contribution in [0.25, 0.3) is 0 Å². The molecule has 1 heterocycles. The average Bonchev–Trinajstić information content (AvgIpc) is 3.18. The molecular formula is C21H19N3O4S2. The van der Waals surface area contributed by atoms with E-state index in [1.165, 1.54) is 12.1 Å². The highest BCUT2D eigenvalue weighted by molar-refractivity contribution is 7.92. The van der Waals surface area contributed by atoms with Gasteiger partial charge in [-0.05, 0) is 67.2 Å². The van der Waals surface area contributed by atoms with Gasteiger partial charge in [-0.25, -0.2) is 8.42 Å². The van der Waals surface area contributed by atoms with Crippen LogP contribution in [0.5, 0.6) is 11.5 Å². The maximum absolute atomic E-state index is 12.6. The van der Waals surface area contributed by atoms with E-state index in [0.29, 0.717) is 28.0 Å². The normalized spacial score (nSPS) is 12.3. The number of nitrogens with one attached hydrogen (secondary N) is 3. The molecule has 4 rings (SSSR count). The van der Waals surface area contributed by atoms with Crippen molar-refractivity contribution in [3.05, 3.63) is 72.3 Å². The van der Waals surface area contributed by atoms with E-state index in [9.17, 15) is 8.42 Å². The zero-order chi connectivity index (χ0) is 21.1. The molecule has 0 atom stereocenters. The molecule has 0 radical (unpaired) electrons. The fourth-order valence-corrected chi connectivity index (χ4v) is 4.24. The minimum Gasteiger partial charge on any atom is -0.454 e. The second kappa shape index (κ2) is 8.21. The van der Waals surface area contributed by atoms with Crippen molar-refractivity contribution < 1.29 is 17.9 Å². The van der Waals surface area contributed by atoms with Crippen molar-refractivity contribution in [2.75, 3.05) is 22.1 Å². The van der Waals surface area contributed by atoms with Crippen LogP contribution in [-0.4, -0.2) is 20.3 Å². The molecule has 154 valence electrons. The van der Waals surface area contributed by atoms with Crippen molar-refractivity contribution in [2.45, 2.75) is 11.8 Å². The summed E-state index contributed by atoms with van der Waals surface area (Å²) >= 11 is 5.33. The smallest absolute Gasteiger partial charge is 0.261 e. The third-order valence-corrected chi connectivity index (χ3v) is 6.03. The van der Waals surface area contributed by atoms with Gasteiger partial charge in [-0.1, -0.05) is 18.2 Å². The van der Waals surface area contributed by atoms with Gasteiger partial charge >= 0.3 is 0 Å². The Morgan fingerprint density at radius 1 is 0.900 bits per heavy atom. The van der Waals surface area contributed by atoms with Gasteiger partial charge in [-0.3, -0.25) is 4.72 Å². The van der Waals surface area contributed by atoms with Gasteiger partial charge in [0.15, 0.2) is 16.6 Å². The number of aryl methyl sites for hydroxylation is 1. The van der Waals surface area contributed by atoms with Crippen molar-refractivity contribution in [3.63, 3.8) is 0 Å². The first kappa shape index (κ1) is 20.0. The lowest BCUT2D eigenvalue weighted by molar-refractivity contribution is 0.174. The van der Waals surface area contributed by atoms with Crippen LogP contribution in [-0.2, 0) is 10.0 Å². The van der Waals surface area contributed by atoms with E-state index in [1.807, 2.05) is 25.1 Å². The molecular weight excluding hydrogens is 422 g/mol. The van der Waals surface area contributed by atoms with Gasteiger partial charge in [0.25, 0.3) is 10.0 Å². The molecule has 0 unspecified atom stereocenters. The Hall–Kier alpha value is -3.30. The number of benzene rings is 3. The Morgan fingerprint density at radius 2 is 1.57 bits per heavy atom. The summed E-state index contributed by atoms with van der Waals surface area (Å²) in [5.41, 5.74) is 2.80. The summed E-state index contributed by atoms with van der Waals surface area (Å²) in [6.45, 7) is 2.05. The van der Waals surface area contributed by atoms with Crippen LogP contribution >= 0.6 is 12.2 Å². The van der Waals surface area contributed by atoms with Crippen LogP contribution in [0.15, 0.2) is 71.6 Å². The second-order valence-corrected chi connectivity index (χ2v) is 8.68. The highest BCUT2D eigenvalue weighted by Gasteiger charge is 2.16. The molecule has 3 aromatic rings. The molecule has 0 saturated heterocycles. The predicted octanol–water partition coefficient (Wildman–Crippen LogP) is 4.33. The quantitative estimate of drug-likeness (QED) is 0.508. The van der Waals surface area contributed by atoms with Crippen molar-refractivity contribution in [2.24, 2.45) is 0 Å². The number of ether oxygens (including phenoxy) is 2. The Morgan fingerprint density at radius 3 is 2.33 bits per heavy atom. The van der Waals surface area contributed by atoms with Crippen LogP contribution in [0.2, 0.25) is 0 Å². The van der Waals surface area contributed by atoms with Gasteiger partial charge in [0.1, 0.15) is 0 Å². The maximum atomic E-state index is 12.6. The fourth-order valence-electron chi connectivity index (χ4n) is 2.88. The van der Waals surface area contributed by atoms with Crippen LogP contribution in [0.4, 0.5) is 17.1 Å². The molecule has 0 bridgehead atoms. The molecule has 0 amide bonds. The summed E-state index contributed by atoms with van der Waals surface area (Å²) < 4.78 is 38.5. The minimum atomic E-state index is -3.69. The Balaban J connectivity index is 1.40. The van der Waals surface area contributed by atoms with Crippen molar-refractivity contribution in [1.82, 2.24) is 0 Å². The predicted molar refractivity (Wildman–Crippen MR) is 121 cm³/mol. The lowest BCUT2D eigenvalue weighted by Crippen LogP contribution is -2.19. The summed E-state index contributed by atoms with van der Waals surface area (Å²) in [4.78, 5) is 0.158. The standard InChI is InChI=1S/C21H19N3O4S2/c1-14-4-2-3-5-18(14)24-30(25,26)17-9-6-15(7-10-17)22-21(29)23-16-8-11-19-20(12-16)28-13-27-19/h2-12,24H,13H2,1H3,(H2,22,23,29). The number of rotatable bonds is 5. The van der Waals surface area contributed by atoms with E-state index < -0.39 is 10.0 Å². The first-order chi connectivity index (χ1) is 14.4. The van der Waals surface area contributed by atoms with Crippen molar-refractivity contribution in [1.29, 1.82) is 0 Å². The summed E-state index contributed by atoms with van der Waals surface area (Å²) in [6.07, 6.45) is 0. The highest BCUT2D eigenvalue weighted by atomic mass is 32.2. The van der Waals surface area contributed by atoms with Gasteiger partial charge in [-0.2, -0.15) is 0 Å². The zero-order valence-corrected chi connectivity index (χ0v) is 17.6. The number of sulfonamides is 1. The van der Waals surface area contributed by atoms with Gasteiger partial charge in [0.05, 0.1) is 10.6 Å². The van der Waals surface area contributed by atoms with Crippen molar-refractivity contribution in [3.8, 4) is 11.5 Å². The van der Waals surface area contributed by atoms with Crippen molar-refractivity contribution >= 4 is 44.4 Å². The van der Waals surface area contributed by atoms with E-state index >= 15 is 0 Å². The number of fused-ring (bicyclic) bond motifs is 1. The van der Waals surface area contributed by atoms with E-state index in [4.69, 9.17) is 21.7 Å². The van der Waals surface area contributed by atoms with Gasteiger partial charge in [0, 0.05) is 17.4 Å². The monoisotopic (exact) mass is 441 g/mol. The minimum absolute atomic E-state index is 0.158. The zero-order valence-electron chi connectivity index (χ0n) is 16.0. The SMILES string of the molecule is Cc1ccccc1NS(=O)(=O)c1ccc(NC(=S)Nc2ccc3c(c2)OCO3)cc1. The summed E-state index contributed by atoms with van der Waals surface area (Å²) in [5.74, 6) is 1.34. The van der Waals surface area contributed by atoms with Gasteiger partial charge in [0.2, 0.25) is 6.79 Å². The molecule has 0 saturated carbocycles. The number of hydrogen-bond acceptors (Lipinski definition) is 5. The number of para-hydroxylation sites is 1. The van der Waals surface area contributed by atoms with E-state index in [1.54, 1.807) is 36.4 Å². The Labute approximate surface area is 180 Å². The molecule has 3 aromatic carbocycles. The third kappa shape index (κ3) is 4.47. The average molecular weight is 442 g/mol. The van der Waals surface area contributed by atoms with E-state index in [2.05, 4.69) is 15.4 Å². The lowest BCUT2D eigenvalue weighted by atomic mass is 10.2. The molecule has 1 aliphatic rings. The molecule has 30 heavy (non-hydrogen) atoms. The third-order valence-electron chi connectivity index (χ3n) is 4.44. The molecule has 0 aromatic heterocycles. The Kier molecular flexibility index (Phi) is 5.47. The van der Waals surface area contributed by atoms with E-state index in [-0.39, 0.29) is 11.7 Å². The summed E-state index contributed by atoms with van der Waals surface area (Å²) in [5, 5.41) is 6.45. The number of anilines is 3. The Bertz CT molecular complexity index is 1200. The van der Waals surface area contributed by atoms with Crippen LogP contribution < -0.4 is 24.8 Å². The van der Waals surface area contributed by atoms with Crippen LogP contribution in [0.3, 0.4) is 0 Å². The molecule has 0 spiro atoms. The topological polar surface area (TPSA) is 88.7 Å². The molecule has 1 aliphatic heterocycles. The van der Waals surface area contributed by atoms with Crippen LogP contribution in [0.1, 0.15) is 5.56 Å². The lowest BCUT2D eigenvalue weighted by Gasteiger charge is -2.13. The first-order valence-electron chi connectivity index (χ1n) is 9.07. The molecule has 3 N–H and O–H groups in total. The maximum Gasteiger partial charge on any atom is 0.261 e.